The van der Waals surface area contributed by atoms with E-state index in [0.29, 0.717) is 53.5 Å². The van der Waals surface area contributed by atoms with Gasteiger partial charge in [-0.1, -0.05) is 0 Å². The largest absolute Gasteiger partial charge is 0.496 e. The molecule has 0 saturated carbocycles. The Morgan fingerprint density at radius 2 is 1.81 bits per heavy atom. The molecule has 31 heavy (non-hydrogen) atoms. The maximum absolute atomic E-state index is 12.6. The number of urea groups is 1. The summed E-state index contributed by atoms with van der Waals surface area (Å²) in [5.41, 5.74) is 7.35. The highest BCUT2D eigenvalue weighted by Crippen LogP contribution is 2.30. The summed E-state index contributed by atoms with van der Waals surface area (Å²) in [6, 6.07) is 11.5. The Bertz CT molecular complexity index is 1090. The van der Waals surface area contributed by atoms with Gasteiger partial charge in [-0.3, -0.25) is 9.78 Å². The maximum atomic E-state index is 12.6. The molecule has 0 unspecified atom stereocenters. The second-order valence-electron chi connectivity index (χ2n) is 6.61. The number of pyridine rings is 1. The Hall–Kier alpha value is -3.85. The van der Waals surface area contributed by atoms with Crippen molar-refractivity contribution in [3.05, 3.63) is 54.2 Å². The van der Waals surface area contributed by atoms with Gasteiger partial charge in [0.2, 0.25) is 0 Å². The van der Waals surface area contributed by atoms with E-state index in [2.05, 4.69) is 20.9 Å². The van der Waals surface area contributed by atoms with Crippen LogP contribution in [0.1, 0.15) is 16.8 Å². The number of nitrogens with one attached hydrogen (secondary N) is 3. The molecule has 0 aliphatic carbocycles. The topological polar surface area (TPSA) is 128 Å². The molecule has 0 aliphatic rings. The van der Waals surface area contributed by atoms with Crippen LogP contribution in [0.15, 0.2) is 48.7 Å². The van der Waals surface area contributed by atoms with Gasteiger partial charge in [-0.2, -0.15) is 0 Å². The fourth-order valence-electron chi connectivity index (χ4n) is 3.07. The van der Waals surface area contributed by atoms with Crippen molar-refractivity contribution in [3.63, 3.8) is 0 Å². The maximum Gasteiger partial charge on any atom is 0.323 e. The van der Waals surface area contributed by atoms with Crippen LogP contribution >= 0.6 is 0 Å². The Morgan fingerprint density at radius 1 is 1.03 bits per heavy atom. The van der Waals surface area contributed by atoms with E-state index in [1.807, 2.05) is 6.07 Å². The molecule has 3 amide bonds. The van der Waals surface area contributed by atoms with Crippen LogP contribution < -0.4 is 31.2 Å². The predicted octanol–water partition coefficient (Wildman–Crippen LogP) is 2.97. The molecule has 3 rings (SSSR count). The summed E-state index contributed by atoms with van der Waals surface area (Å²) in [4.78, 5) is 29.4. The van der Waals surface area contributed by atoms with Gasteiger partial charge in [-0.05, 0) is 55.4 Å². The number of carbonyl (C=O) groups is 2. The summed E-state index contributed by atoms with van der Waals surface area (Å²) in [5.74, 6) is 0.760. The predicted molar refractivity (Wildman–Crippen MR) is 120 cm³/mol. The van der Waals surface area contributed by atoms with Crippen LogP contribution in [0.4, 0.5) is 16.2 Å². The van der Waals surface area contributed by atoms with Crippen molar-refractivity contribution in [1.82, 2.24) is 10.3 Å². The first kappa shape index (κ1) is 21.8. The lowest BCUT2D eigenvalue weighted by molar-refractivity contribution is 0.0950. The minimum Gasteiger partial charge on any atom is -0.496 e. The summed E-state index contributed by atoms with van der Waals surface area (Å²) in [7, 11) is 3.06. The fourth-order valence-corrected chi connectivity index (χ4v) is 3.07. The number of benzene rings is 2. The third-order valence-electron chi connectivity index (χ3n) is 4.57. The van der Waals surface area contributed by atoms with Crippen LogP contribution in [0.25, 0.3) is 10.9 Å². The highest BCUT2D eigenvalue weighted by atomic mass is 16.5. The second kappa shape index (κ2) is 10.3. The zero-order chi connectivity index (χ0) is 22.2. The monoisotopic (exact) mass is 423 g/mol. The number of nitrogens with two attached hydrogens (primary N) is 1. The summed E-state index contributed by atoms with van der Waals surface area (Å²) in [6.07, 6.45) is 2.31. The van der Waals surface area contributed by atoms with Crippen LogP contribution in [0.5, 0.6) is 11.5 Å². The first-order chi connectivity index (χ1) is 15.1. The molecule has 0 aliphatic heterocycles. The van der Waals surface area contributed by atoms with E-state index in [1.54, 1.807) is 49.7 Å². The molecule has 0 bridgehead atoms. The number of ether oxygens (including phenoxy) is 2. The third-order valence-corrected chi connectivity index (χ3v) is 4.57. The molecule has 0 fully saturated rings. The van der Waals surface area contributed by atoms with Crippen LogP contribution in [0.3, 0.4) is 0 Å². The molecular weight excluding hydrogens is 398 g/mol. The Balaban J connectivity index is 1.77. The first-order valence-corrected chi connectivity index (χ1v) is 9.73. The van der Waals surface area contributed by atoms with E-state index in [4.69, 9.17) is 15.2 Å². The standard InChI is InChI=1S/C22H25N5O4/c1-30-18-9-7-17(20-15(18)5-3-11-24-20)27-22(29)26-14-6-8-19(31-2)16(13-14)21(28)25-12-4-10-23/h3,5-9,11,13H,4,10,12,23H2,1-2H3,(H,25,28)(H2,26,27,29). The van der Waals surface area contributed by atoms with Gasteiger partial charge in [0, 0.05) is 23.8 Å². The minimum absolute atomic E-state index is 0.306. The lowest BCUT2D eigenvalue weighted by Gasteiger charge is -2.13. The lowest BCUT2D eigenvalue weighted by atomic mass is 10.1. The van der Waals surface area contributed by atoms with Crippen molar-refractivity contribution in [1.29, 1.82) is 0 Å². The van der Waals surface area contributed by atoms with Crippen molar-refractivity contribution >= 4 is 34.2 Å². The Kier molecular flexibility index (Phi) is 7.23. The number of aromatic nitrogens is 1. The van der Waals surface area contributed by atoms with Crippen LogP contribution in [0, 0.1) is 0 Å². The highest BCUT2D eigenvalue weighted by Gasteiger charge is 2.15. The van der Waals surface area contributed by atoms with Crippen molar-refractivity contribution in [2.75, 3.05) is 37.9 Å². The number of amides is 3. The molecule has 9 nitrogen and oxygen atoms in total. The first-order valence-electron chi connectivity index (χ1n) is 9.73. The van der Waals surface area contributed by atoms with E-state index < -0.39 is 6.03 Å². The third kappa shape index (κ3) is 5.20. The summed E-state index contributed by atoms with van der Waals surface area (Å²) in [6.45, 7) is 0.933. The summed E-state index contributed by atoms with van der Waals surface area (Å²) in [5, 5.41) is 9.08. The normalized spacial score (nSPS) is 10.4. The van der Waals surface area contributed by atoms with Crippen LogP contribution in [0.2, 0.25) is 0 Å². The number of hydrogen-bond donors (Lipinski definition) is 4. The molecule has 1 heterocycles. The van der Waals surface area contributed by atoms with E-state index in [9.17, 15) is 9.59 Å². The number of fused-ring (bicyclic) bond motifs is 1. The molecule has 0 spiro atoms. The van der Waals surface area contributed by atoms with Gasteiger partial charge < -0.3 is 31.2 Å². The van der Waals surface area contributed by atoms with E-state index in [-0.39, 0.29) is 5.91 Å². The molecule has 9 heteroatoms. The van der Waals surface area contributed by atoms with Gasteiger partial charge in [0.05, 0.1) is 31.0 Å². The molecule has 162 valence electrons. The Morgan fingerprint density at radius 3 is 2.55 bits per heavy atom. The molecule has 0 radical (unpaired) electrons. The van der Waals surface area contributed by atoms with Gasteiger partial charge in [-0.15, -0.1) is 0 Å². The summed E-state index contributed by atoms with van der Waals surface area (Å²) < 4.78 is 10.6. The zero-order valence-electron chi connectivity index (χ0n) is 17.4. The molecular formula is C22H25N5O4. The lowest BCUT2D eigenvalue weighted by Crippen LogP contribution is -2.26. The Labute approximate surface area is 179 Å². The van der Waals surface area contributed by atoms with E-state index in [1.165, 1.54) is 7.11 Å². The van der Waals surface area contributed by atoms with Gasteiger partial charge >= 0.3 is 6.03 Å². The van der Waals surface area contributed by atoms with Crippen molar-refractivity contribution in [3.8, 4) is 11.5 Å². The van der Waals surface area contributed by atoms with Crippen molar-refractivity contribution in [2.45, 2.75) is 6.42 Å². The van der Waals surface area contributed by atoms with Gasteiger partial charge in [0.25, 0.3) is 5.91 Å². The van der Waals surface area contributed by atoms with Crippen molar-refractivity contribution in [2.24, 2.45) is 5.73 Å². The molecule has 3 aromatic rings. The number of anilines is 2. The smallest absolute Gasteiger partial charge is 0.323 e. The van der Waals surface area contributed by atoms with Gasteiger partial charge in [0.15, 0.2) is 0 Å². The number of methoxy groups -OCH3 is 2. The number of hydrogen-bond acceptors (Lipinski definition) is 6. The van der Waals surface area contributed by atoms with Gasteiger partial charge in [-0.25, -0.2) is 4.79 Å². The van der Waals surface area contributed by atoms with E-state index in [0.717, 1.165) is 5.39 Å². The second-order valence-corrected chi connectivity index (χ2v) is 6.61. The quantitative estimate of drug-likeness (QED) is 0.413. The molecule has 0 saturated heterocycles. The summed E-state index contributed by atoms with van der Waals surface area (Å²) >= 11 is 0. The molecule has 5 N–H and O–H groups in total. The fraction of sp³-hybridized carbons (Fsp3) is 0.227. The average molecular weight is 423 g/mol. The SMILES string of the molecule is COc1ccc(NC(=O)Nc2ccc(OC)c3cccnc23)cc1C(=O)NCCCN. The molecule has 0 atom stereocenters. The van der Waals surface area contributed by atoms with Crippen LogP contribution in [-0.2, 0) is 0 Å². The minimum atomic E-state index is -0.475. The number of rotatable bonds is 8. The average Bonchev–Trinajstić information content (AvgIpc) is 2.79. The van der Waals surface area contributed by atoms with E-state index >= 15 is 0 Å². The number of carbonyl (C=O) groups excluding carboxylic acids is 2. The highest BCUT2D eigenvalue weighted by molar-refractivity contribution is 6.07. The van der Waals surface area contributed by atoms with Crippen LogP contribution in [-0.4, -0.2) is 44.2 Å². The zero-order valence-corrected chi connectivity index (χ0v) is 17.4. The number of nitrogens with zero attached hydrogens (tertiary/aromatic N) is 1. The van der Waals surface area contributed by atoms with Crippen molar-refractivity contribution < 1.29 is 19.1 Å². The van der Waals surface area contributed by atoms with Gasteiger partial charge in [0.1, 0.15) is 11.5 Å². The molecule has 1 aromatic heterocycles. The molecule has 2 aromatic carbocycles.